The van der Waals surface area contributed by atoms with Gasteiger partial charge < -0.3 is 14.6 Å². The topological polar surface area (TPSA) is 55.8 Å². The Morgan fingerprint density at radius 2 is 2.17 bits per heavy atom. The number of hydrogen-bond acceptors (Lipinski definition) is 4. The molecule has 0 fully saturated rings. The van der Waals surface area contributed by atoms with Crippen LogP contribution in [0.1, 0.15) is 12.5 Å². The Morgan fingerprint density at radius 3 is 2.83 bits per heavy atom. The summed E-state index contributed by atoms with van der Waals surface area (Å²) in [5, 5.41) is 9.41. The van der Waals surface area contributed by atoms with E-state index in [0.29, 0.717) is 12.4 Å². The summed E-state index contributed by atoms with van der Waals surface area (Å²) in [6, 6.07) is 4.99. The van der Waals surface area contributed by atoms with Gasteiger partial charge in [0, 0.05) is 6.08 Å². The molecule has 1 aromatic carbocycles. The third kappa shape index (κ3) is 4.33. The molecule has 0 atom stereocenters. The van der Waals surface area contributed by atoms with Crippen molar-refractivity contribution in [1.29, 1.82) is 0 Å². The van der Waals surface area contributed by atoms with E-state index in [1.807, 2.05) is 0 Å². The number of esters is 1. The minimum Gasteiger partial charge on any atom is -0.504 e. The number of hydrogen-bond donors (Lipinski definition) is 1. The maximum atomic E-state index is 11.0. The first-order valence-electron chi connectivity index (χ1n) is 5.56. The summed E-state index contributed by atoms with van der Waals surface area (Å²) in [7, 11) is 1.49. The Labute approximate surface area is 106 Å². The fourth-order valence-corrected chi connectivity index (χ4v) is 1.29. The summed E-state index contributed by atoms with van der Waals surface area (Å²) in [6.45, 7) is 2.12. The minimum atomic E-state index is -0.370. The molecule has 0 aliphatic rings. The molecule has 18 heavy (non-hydrogen) atoms. The Bertz CT molecular complexity index is 461. The minimum absolute atomic E-state index is 0.0942. The molecule has 0 spiro atoms. The number of methoxy groups -OCH3 is 1. The molecular formula is C14H16O4. The van der Waals surface area contributed by atoms with Crippen LogP contribution in [0.2, 0.25) is 0 Å². The molecule has 1 aromatic rings. The van der Waals surface area contributed by atoms with Crippen molar-refractivity contribution in [2.75, 3.05) is 13.7 Å². The zero-order chi connectivity index (χ0) is 13.4. The number of phenols is 1. The van der Waals surface area contributed by atoms with Gasteiger partial charge in [-0.1, -0.05) is 24.3 Å². The first kappa shape index (κ1) is 13.8. The lowest BCUT2D eigenvalue weighted by atomic mass is 10.2. The molecule has 0 heterocycles. The molecule has 96 valence electrons. The van der Waals surface area contributed by atoms with E-state index < -0.39 is 0 Å². The van der Waals surface area contributed by atoms with E-state index in [0.717, 1.165) is 5.56 Å². The first-order valence-corrected chi connectivity index (χ1v) is 5.56. The summed E-state index contributed by atoms with van der Waals surface area (Å²) in [5.74, 6) is 0.133. The van der Waals surface area contributed by atoms with E-state index in [1.165, 1.54) is 13.2 Å². The zero-order valence-electron chi connectivity index (χ0n) is 10.4. The molecule has 0 aromatic heterocycles. The van der Waals surface area contributed by atoms with Crippen molar-refractivity contribution in [1.82, 2.24) is 0 Å². The Kier molecular flexibility index (Phi) is 5.51. The lowest BCUT2D eigenvalue weighted by molar-refractivity contribution is -0.137. The van der Waals surface area contributed by atoms with Crippen molar-refractivity contribution in [2.45, 2.75) is 6.92 Å². The van der Waals surface area contributed by atoms with E-state index in [9.17, 15) is 9.90 Å². The normalized spacial score (nSPS) is 11.0. The second-order valence-corrected chi connectivity index (χ2v) is 3.40. The predicted molar refractivity (Wildman–Crippen MR) is 69.5 cm³/mol. The third-order valence-electron chi connectivity index (χ3n) is 2.12. The number of ether oxygens (including phenoxy) is 2. The van der Waals surface area contributed by atoms with Crippen LogP contribution in [-0.4, -0.2) is 24.8 Å². The van der Waals surface area contributed by atoms with Gasteiger partial charge in [-0.25, -0.2) is 4.79 Å². The molecule has 0 bridgehead atoms. The lowest BCUT2D eigenvalue weighted by Crippen LogP contribution is -1.98. The van der Waals surface area contributed by atoms with Gasteiger partial charge in [-0.2, -0.15) is 0 Å². The van der Waals surface area contributed by atoms with Crippen molar-refractivity contribution in [3.63, 3.8) is 0 Å². The van der Waals surface area contributed by atoms with Crippen LogP contribution in [0.4, 0.5) is 0 Å². The molecule has 1 rings (SSSR count). The zero-order valence-corrected chi connectivity index (χ0v) is 10.4. The summed E-state index contributed by atoms with van der Waals surface area (Å²) in [6.07, 6.45) is 6.44. The molecule has 1 N–H and O–H groups in total. The number of aromatic hydroxyl groups is 1. The van der Waals surface area contributed by atoms with Gasteiger partial charge >= 0.3 is 5.97 Å². The van der Waals surface area contributed by atoms with Crippen LogP contribution in [0.15, 0.2) is 36.4 Å². The van der Waals surface area contributed by atoms with E-state index >= 15 is 0 Å². The summed E-state index contributed by atoms with van der Waals surface area (Å²) in [4.78, 5) is 11.0. The number of carbonyl (C=O) groups excluding carboxylic acids is 1. The highest BCUT2D eigenvalue weighted by Gasteiger charge is 1.99. The molecule has 4 heteroatoms. The van der Waals surface area contributed by atoms with Crippen LogP contribution in [0, 0.1) is 0 Å². The number of carbonyl (C=O) groups is 1. The molecule has 0 saturated heterocycles. The van der Waals surface area contributed by atoms with Crippen LogP contribution < -0.4 is 4.74 Å². The molecule has 0 unspecified atom stereocenters. The van der Waals surface area contributed by atoms with Gasteiger partial charge in [0.15, 0.2) is 11.5 Å². The van der Waals surface area contributed by atoms with Gasteiger partial charge in [-0.05, 0) is 24.6 Å². The molecule has 0 aliphatic heterocycles. The van der Waals surface area contributed by atoms with Gasteiger partial charge in [0.1, 0.15) is 0 Å². The van der Waals surface area contributed by atoms with Crippen LogP contribution >= 0.6 is 0 Å². The predicted octanol–water partition coefficient (Wildman–Crippen LogP) is 2.53. The van der Waals surface area contributed by atoms with E-state index in [-0.39, 0.29) is 11.7 Å². The van der Waals surface area contributed by atoms with Crippen LogP contribution in [0.3, 0.4) is 0 Å². The standard InChI is InChI=1S/C14H16O4/c1-3-18-14(16)7-5-4-6-11-8-9-12(15)13(10-11)17-2/h4-10,15H,3H2,1-2H3/b6-4+,7-5+. The Balaban J connectivity index is 2.64. The second-order valence-electron chi connectivity index (χ2n) is 3.40. The third-order valence-corrected chi connectivity index (χ3v) is 2.12. The second kappa shape index (κ2) is 7.17. The fourth-order valence-electron chi connectivity index (χ4n) is 1.29. The number of benzene rings is 1. The lowest BCUT2D eigenvalue weighted by Gasteiger charge is -2.03. The number of phenolic OH excluding ortho intramolecular Hbond substituents is 1. The highest BCUT2D eigenvalue weighted by Crippen LogP contribution is 2.26. The summed E-state index contributed by atoms with van der Waals surface area (Å²) >= 11 is 0. The average Bonchev–Trinajstić information content (AvgIpc) is 2.37. The van der Waals surface area contributed by atoms with Crippen LogP contribution in [0.25, 0.3) is 6.08 Å². The summed E-state index contributed by atoms with van der Waals surface area (Å²) < 4.78 is 9.72. The van der Waals surface area contributed by atoms with Crippen molar-refractivity contribution in [2.24, 2.45) is 0 Å². The first-order chi connectivity index (χ1) is 8.67. The Hall–Kier alpha value is -2.23. The summed E-state index contributed by atoms with van der Waals surface area (Å²) in [5.41, 5.74) is 0.859. The highest BCUT2D eigenvalue weighted by molar-refractivity contribution is 5.82. The Morgan fingerprint density at radius 1 is 1.39 bits per heavy atom. The monoisotopic (exact) mass is 248 g/mol. The van der Waals surface area contributed by atoms with Crippen molar-refractivity contribution in [3.8, 4) is 11.5 Å². The quantitative estimate of drug-likeness (QED) is 0.494. The van der Waals surface area contributed by atoms with Crippen LogP contribution in [-0.2, 0) is 9.53 Å². The van der Waals surface area contributed by atoms with Gasteiger partial charge in [0.2, 0.25) is 0 Å². The molecule has 0 radical (unpaired) electrons. The van der Waals surface area contributed by atoms with Crippen molar-refractivity contribution >= 4 is 12.0 Å². The molecule has 0 aliphatic carbocycles. The smallest absolute Gasteiger partial charge is 0.330 e. The average molecular weight is 248 g/mol. The number of rotatable bonds is 5. The van der Waals surface area contributed by atoms with Crippen molar-refractivity contribution < 1.29 is 19.4 Å². The van der Waals surface area contributed by atoms with E-state index in [2.05, 4.69) is 0 Å². The van der Waals surface area contributed by atoms with Gasteiger partial charge in [0.05, 0.1) is 13.7 Å². The molecule has 0 saturated carbocycles. The maximum Gasteiger partial charge on any atom is 0.330 e. The largest absolute Gasteiger partial charge is 0.504 e. The van der Waals surface area contributed by atoms with E-state index in [4.69, 9.17) is 9.47 Å². The fraction of sp³-hybridized carbons (Fsp3) is 0.214. The number of allylic oxidation sites excluding steroid dienone is 2. The molecular weight excluding hydrogens is 232 g/mol. The van der Waals surface area contributed by atoms with Crippen LogP contribution in [0.5, 0.6) is 11.5 Å². The van der Waals surface area contributed by atoms with Crippen molar-refractivity contribution in [3.05, 3.63) is 42.0 Å². The SMILES string of the molecule is CCOC(=O)/C=C/C=C/c1ccc(O)c(OC)c1. The van der Waals surface area contributed by atoms with Gasteiger partial charge in [-0.3, -0.25) is 0 Å². The van der Waals surface area contributed by atoms with Gasteiger partial charge in [0.25, 0.3) is 0 Å². The van der Waals surface area contributed by atoms with E-state index in [1.54, 1.807) is 43.4 Å². The molecule has 4 nitrogen and oxygen atoms in total. The van der Waals surface area contributed by atoms with Gasteiger partial charge in [-0.15, -0.1) is 0 Å². The highest BCUT2D eigenvalue weighted by atomic mass is 16.5. The maximum absolute atomic E-state index is 11.0. The molecule has 0 amide bonds.